The molecule has 2 saturated heterocycles. The van der Waals surface area contributed by atoms with Crippen molar-refractivity contribution in [2.45, 2.75) is 80.8 Å². The van der Waals surface area contributed by atoms with Crippen molar-refractivity contribution in [2.75, 3.05) is 24.7 Å². The molecular formula is C25H39ClN8O8S. The number of thioether (sulfide) groups is 1. The number of Topliss-reactive ketones (excluding diaryl/α,β-unsaturated/α-hetero) is 2. The SMILES string of the molecule is N=C(N)NCCC[C@H](NC(=O)CNC(=O)[C@H](CCC(=O)O)NC(=O)CCCC[C@@H]1SC[C@@H]2NC(=O)N[C@@H]21)C(=O)C(=O)CCl. The zero-order valence-corrected chi connectivity index (χ0v) is 25.1. The summed E-state index contributed by atoms with van der Waals surface area (Å²) in [5.41, 5.74) is 5.20. The van der Waals surface area contributed by atoms with Crippen LogP contribution < -0.4 is 37.6 Å². The second-order valence-corrected chi connectivity index (χ2v) is 11.7. The zero-order valence-electron chi connectivity index (χ0n) is 23.5. The van der Waals surface area contributed by atoms with Crippen molar-refractivity contribution in [3.8, 4) is 0 Å². The zero-order chi connectivity index (χ0) is 31.9. The number of halogens is 1. The van der Waals surface area contributed by atoms with Gasteiger partial charge in [0.1, 0.15) is 6.04 Å². The summed E-state index contributed by atoms with van der Waals surface area (Å²) < 4.78 is 0. The fourth-order valence-electron chi connectivity index (χ4n) is 4.67. The maximum Gasteiger partial charge on any atom is 0.315 e. The molecule has 5 atom stereocenters. The molecule has 2 heterocycles. The Balaban J connectivity index is 1.82. The monoisotopic (exact) mass is 646 g/mol. The topological polar surface area (TPSA) is 262 Å². The van der Waals surface area contributed by atoms with Gasteiger partial charge in [0.2, 0.25) is 29.3 Å². The first kappa shape index (κ1) is 35.6. The Labute approximate surface area is 257 Å². The second-order valence-electron chi connectivity index (χ2n) is 10.2. The van der Waals surface area contributed by atoms with Crippen LogP contribution in [0.2, 0.25) is 0 Å². The fourth-order valence-corrected chi connectivity index (χ4v) is 6.35. The number of alkyl halides is 1. The summed E-state index contributed by atoms with van der Waals surface area (Å²) in [4.78, 5) is 84.6. The molecule has 0 aromatic carbocycles. The number of amides is 5. The molecule has 2 aliphatic heterocycles. The van der Waals surface area contributed by atoms with Gasteiger partial charge in [0.25, 0.3) is 0 Å². The highest BCUT2D eigenvalue weighted by Gasteiger charge is 2.42. The van der Waals surface area contributed by atoms with Crippen LogP contribution in [0.3, 0.4) is 0 Å². The maximum absolute atomic E-state index is 12.8. The third kappa shape index (κ3) is 12.7. The molecule has 16 nitrogen and oxygen atoms in total. The van der Waals surface area contributed by atoms with Gasteiger partial charge in [0.05, 0.1) is 30.6 Å². The summed E-state index contributed by atoms with van der Waals surface area (Å²) in [7, 11) is 0. The molecule has 240 valence electrons. The Morgan fingerprint density at radius 1 is 1.00 bits per heavy atom. The van der Waals surface area contributed by atoms with Gasteiger partial charge in [-0.05, 0) is 32.1 Å². The molecule has 10 N–H and O–H groups in total. The van der Waals surface area contributed by atoms with Crippen LogP contribution in [0.25, 0.3) is 0 Å². The number of nitrogens with one attached hydrogen (secondary N) is 7. The minimum Gasteiger partial charge on any atom is -0.481 e. The van der Waals surface area contributed by atoms with Crippen LogP contribution in [0.15, 0.2) is 0 Å². The van der Waals surface area contributed by atoms with Gasteiger partial charge in [-0.15, -0.1) is 11.6 Å². The average Bonchev–Trinajstić information content (AvgIpc) is 3.51. The van der Waals surface area contributed by atoms with Gasteiger partial charge < -0.3 is 42.7 Å². The Bertz CT molecular complexity index is 1080. The molecule has 5 amide bonds. The number of hydrogen-bond acceptors (Lipinski definition) is 9. The standard InChI is InChI=1S/C25H39ClN8O8S/c26-10-16(35)22(40)13(4-3-9-29-24(27)28)31-19(37)11-30-23(41)14(7-8-20(38)39)32-18(36)6-2-1-5-17-21-15(12-43-17)33-25(42)34-21/h13-15,17,21H,1-12H2,(H,30,41)(H,31,37)(H,32,36)(H,38,39)(H4,27,28,29)(H2,33,34,42)/t13-,14-,15-,17-,21-/m0/s1. The van der Waals surface area contributed by atoms with Crippen molar-refractivity contribution >= 4 is 70.6 Å². The Morgan fingerprint density at radius 3 is 2.40 bits per heavy atom. The molecule has 0 aromatic rings. The van der Waals surface area contributed by atoms with Crippen LogP contribution in [-0.4, -0.2) is 106 Å². The number of urea groups is 1. The highest BCUT2D eigenvalue weighted by Crippen LogP contribution is 2.33. The van der Waals surface area contributed by atoms with E-state index in [4.69, 9.17) is 27.9 Å². The molecule has 43 heavy (non-hydrogen) atoms. The second kappa shape index (κ2) is 18.1. The number of fused-ring (bicyclic) bond motifs is 1. The Kier molecular flexibility index (Phi) is 15.0. The summed E-state index contributed by atoms with van der Waals surface area (Å²) >= 11 is 7.23. The lowest BCUT2D eigenvalue weighted by Crippen LogP contribution is -2.51. The van der Waals surface area contributed by atoms with E-state index in [0.29, 0.717) is 12.8 Å². The van der Waals surface area contributed by atoms with Crippen LogP contribution in [-0.2, 0) is 28.8 Å². The lowest BCUT2D eigenvalue weighted by molar-refractivity contribution is -0.138. The van der Waals surface area contributed by atoms with E-state index in [1.54, 1.807) is 11.8 Å². The van der Waals surface area contributed by atoms with Crippen LogP contribution in [0.4, 0.5) is 4.79 Å². The number of carbonyl (C=O) groups is 7. The van der Waals surface area contributed by atoms with Gasteiger partial charge in [0.15, 0.2) is 5.96 Å². The largest absolute Gasteiger partial charge is 0.481 e. The molecule has 18 heteroatoms. The first-order valence-corrected chi connectivity index (χ1v) is 15.5. The predicted molar refractivity (Wildman–Crippen MR) is 158 cm³/mol. The molecule has 2 fully saturated rings. The van der Waals surface area contributed by atoms with Crippen molar-refractivity contribution in [3.63, 3.8) is 0 Å². The van der Waals surface area contributed by atoms with Crippen LogP contribution in [0.1, 0.15) is 51.4 Å². The van der Waals surface area contributed by atoms with Gasteiger partial charge >= 0.3 is 12.0 Å². The average molecular weight is 647 g/mol. The number of aliphatic carboxylic acids is 1. The van der Waals surface area contributed by atoms with E-state index in [1.165, 1.54) is 0 Å². The molecule has 0 bridgehead atoms. The van der Waals surface area contributed by atoms with E-state index < -0.39 is 66.2 Å². The van der Waals surface area contributed by atoms with E-state index in [1.807, 2.05) is 0 Å². The summed E-state index contributed by atoms with van der Waals surface area (Å²) in [6, 6.07) is -2.44. The maximum atomic E-state index is 12.8. The molecule has 2 aliphatic rings. The first-order chi connectivity index (χ1) is 20.4. The minimum absolute atomic E-state index is 0.0327. The smallest absolute Gasteiger partial charge is 0.315 e. The number of rotatable bonds is 20. The van der Waals surface area contributed by atoms with E-state index in [-0.39, 0.29) is 61.6 Å². The number of hydrogen-bond donors (Lipinski definition) is 9. The number of carboxylic acids is 1. The summed E-state index contributed by atoms with van der Waals surface area (Å²) in [6.45, 7) is -0.391. The van der Waals surface area contributed by atoms with Crippen molar-refractivity contribution in [1.82, 2.24) is 31.9 Å². The van der Waals surface area contributed by atoms with Gasteiger partial charge in [-0.2, -0.15) is 11.8 Å². The lowest BCUT2D eigenvalue weighted by Gasteiger charge is -2.20. The molecule has 2 rings (SSSR count). The molecule has 0 saturated carbocycles. The van der Waals surface area contributed by atoms with E-state index >= 15 is 0 Å². The van der Waals surface area contributed by atoms with Crippen molar-refractivity contribution in [1.29, 1.82) is 5.41 Å². The molecule has 0 aliphatic carbocycles. The fraction of sp³-hybridized carbons (Fsp3) is 0.680. The minimum atomic E-state index is -1.22. The number of nitrogens with two attached hydrogens (primary N) is 1. The molecule has 0 aromatic heterocycles. The van der Waals surface area contributed by atoms with Gasteiger partial charge in [-0.1, -0.05) is 6.42 Å². The summed E-state index contributed by atoms with van der Waals surface area (Å²) in [5, 5.41) is 32.0. The van der Waals surface area contributed by atoms with Crippen molar-refractivity contribution in [2.24, 2.45) is 5.73 Å². The highest BCUT2D eigenvalue weighted by atomic mass is 35.5. The quantitative estimate of drug-likeness (QED) is 0.0180. The number of carboxylic acid groups (broad SMARTS) is 1. The molecule has 0 radical (unpaired) electrons. The van der Waals surface area contributed by atoms with Crippen LogP contribution in [0, 0.1) is 5.41 Å². The van der Waals surface area contributed by atoms with Gasteiger partial charge in [-0.3, -0.25) is 34.2 Å². The van der Waals surface area contributed by atoms with Gasteiger partial charge in [0, 0.05) is 30.4 Å². The summed E-state index contributed by atoms with van der Waals surface area (Å²) in [6.07, 6.45) is 1.83. The third-order valence-electron chi connectivity index (χ3n) is 6.84. The van der Waals surface area contributed by atoms with E-state index in [9.17, 15) is 33.6 Å². The lowest BCUT2D eigenvalue weighted by atomic mass is 10.0. The Hall–Kier alpha value is -3.60. The van der Waals surface area contributed by atoms with Gasteiger partial charge in [-0.25, -0.2) is 4.79 Å². The number of guanidine groups is 1. The first-order valence-electron chi connectivity index (χ1n) is 13.9. The highest BCUT2D eigenvalue weighted by molar-refractivity contribution is 8.00. The van der Waals surface area contributed by atoms with Crippen LogP contribution in [0.5, 0.6) is 0 Å². The predicted octanol–water partition coefficient (Wildman–Crippen LogP) is -1.70. The molecule has 0 spiro atoms. The van der Waals surface area contributed by atoms with Crippen molar-refractivity contribution < 1.29 is 38.7 Å². The normalized spacial score (nSPS) is 20.0. The summed E-state index contributed by atoms with van der Waals surface area (Å²) in [5.74, 6) is -5.05. The van der Waals surface area contributed by atoms with E-state index in [0.717, 1.165) is 12.2 Å². The number of carbonyl (C=O) groups excluding carboxylic acids is 6. The molecule has 0 unspecified atom stereocenters. The third-order valence-corrected chi connectivity index (χ3v) is 8.59. The molecular weight excluding hydrogens is 608 g/mol. The Morgan fingerprint density at radius 2 is 1.72 bits per heavy atom. The van der Waals surface area contributed by atoms with Crippen LogP contribution >= 0.6 is 23.4 Å². The van der Waals surface area contributed by atoms with Crippen molar-refractivity contribution in [3.05, 3.63) is 0 Å². The number of unbranched alkanes of at least 4 members (excludes halogenated alkanes) is 1. The van der Waals surface area contributed by atoms with E-state index in [2.05, 4.69) is 31.9 Å². The number of ketones is 2.